The Kier molecular flexibility index (Phi) is 7.69. The molecule has 2 atom stereocenters. The molecule has 0 aliphatic carbocycles. The minimum absolute atomic E-state index is 0.154. The van der Waals surface area contributed by atoms with E-state index in [1.165, 1.54) is 12.8 Å². The topological polar surface area (TPSA) is 51.2 Å². The van der Waals surface area contributed by atoms with Crippen LogP contribution in [0, 0.1) is 6.92 Å². The van der Waals surface area contributed by atoms with E-state index in [-0.39, 0.29) is 11.9 Å². The first-order valence-electron chi connectivity index (χ1n) is 8.03. The highest BCUT2D eigenvalue weighted by molar-refractivity contribution is 7.98. The molecule has 0 spiro atoms. The molecule has 0 radical (unpaired) electrons. The molecule has 1 saturated heterocycles. The fourth-order valence-electron chi connectivity index (χ4n) is 2.54. The number of rotatable bonds is 9. The van der Waals surface area contributed by atoms with Gasteiger partial charge in [0.15, 0.2) is 0 Å². The Morgan fingerprint density at radius 2 is 2.50 bits per heavy atom. The van der Waals surface area contributed by atoms with Crippen molar-refractivity contribution in [3.8, 4) is 0 Å². The Labute approximate surface area is 141 Å². The molecule has 0 bridgehead atoms. The second-order valence-corrected chi connectivity index (χ2v) is 8.01. The fourth-order valence-corrected chi connectivity index (χ4v) is 4.09. The molecular formula is C16H26N2O2S2. The van der Waals surface area contributed by atoms with E-state index in [1.807, 2.05) is 6.92 Å². The summed E-state index contributed by atoms with van der Waals surface area (Å²) in [6.45, 7) is 5.00. The van der Waals surface area contributed by atoms with Gasteiger partial charge >= 0.3 is 0 Å². The highest BCUT2D eigenvalue weighted by Crippen LogP contribution is 2.18. The van der Waals surface area contributed by atoms with Crippen LogP contribution < -0.4 is 5.32 Å². The Morgan fingerprint density at radius 3 is 3.18 bits per heavy atom. The molecule has 1 aromatic rings. The summed E-state index contributed by atoms with van der Waals surface area (Å²) in [4.78, 5) is 16.3. The van der Waals surface area contributed by atoms with Crippen molar-refractivity contribution < 1.29 is 9.53 Å². The normalized spacial score (nSPS) is 19.3. The van der Waals surface area contributed by atoms with Crippen LogP contribution in [0.25, 0.3) is 0 Å². The summed E-state index contributed by atoms with van der Waals surface area (Å²) < 4.78 is 5.61. The highest BCUT2D eigenvalue weighted by Gasteiger charge is 2.17. The zero-order chi connectivity index (χ0) is 15.8. The molecule has 1 fully saturated rings. The lowest BCUT2D eigenvalue weighted by atomic mass is 10.1. The van der Waals surface area contributed by atoms with E-state index in [9.17, 15) is 4.79 Å². The molecular weight excluding hydrogens is 316 g/mol. The first kappa shape index (κ1) is 17.8. The first-order valence-corrected chi connectivity index (χ1v) is 10.1. The molecule has 2 unspecified atom stereocenters. The molecule has 2 heterocycles. The monoisotopic (exact) mass is 342 g/mol. The molecule has 0 saturated carbocycles. The molecule has 4 nitrogen and oxygen atoms in total. The van der Waals surface area contributed by atoms with Gasteiger partial charge in [0.2, 0.25) is 5.91 Å². The van der Waals surface area contributed by atoms with E-state index in [0.717, 1.165) is 41.7 Å². The number of aromatic nitrogens is 1. The van der Waals surface area contributed by atoms with Gasteiger partial charge in [-0.05, 0) is 39.5 Å². The number of aryl methyl sites for hydroxylation is 1. The van der Waals surface area contributed by atoms with Crippen molar-refractivity contribution in [1.29, 1.82) is 0 Å². The zero-order valence-corrected chi connectivity index (χ0v) is 15.1. The number of carbonyl (C=O) groups is 1. The van der Waals surface area contributed by atoms with E-state index < -0.39 is 0 Å². The van der Waals surface area contributed by atoms with Gasteiger partial charge in [0, 0.05) is 36.0 Å². The largest absolute Gasteiger partial charge is 0.378 e. The van der Waals surface area contributed by atoms with Crippen molar-refractivity contribution in [3.05, 3.63) is 16.1 Å². The Bertz CT molecular complexity index is 459. The first-order chi connectivity index (χ1) is 10.6. The van der Waals surface area contributed by atoms with Crippen LogP contribution in [-0.2, 0) is 15.3 Å². The third-order valence-corrected chi connectivity index (χ3v) is 5.56. The molecule has 1 N–H and O–H groups in total. The number of amides is 1. The summed E-state index contributed by atoms with van der Waals surface area (Å²) >= 11 is 3.45. The maximum atomic E-state index is 11.9. The van der Waals surface area contributed by atoms with Crippen LogP contribution in [0.3, 0.4) is 0 Å². The zero-order valence-electron chi connectivity index (χ0n) is 13.5. The smallest absolute Gasteiger partial charge is 0.221 e. The minimum Gasteiger partial charge on any atom is -0.378 e. The van der Waals surface area contributed by atoms with Crippen molar-refractivity contribution in [2.45, 2.75) is 63.9 Å². The van der Waals surface area contributed by atoms with E-state index in [4.69, 9.17) is 4.74 Å². The molecule has 1 amide bonds. The van der Waals surface area contributed by atoms with Gasteiger partial charge in [-0.15, -0.1) is 11.3 Å². The maximum Gasteiger partial charge on any atom is 0.221 e. The number of thiazole rings is 1. The summed E-state index contributed by atoms with van der Waals surface area (Å²) in [5.41, 5.74) is 1.12. The third kappa shape index (κ3) is 6.67. The number of nitrogens with one attached hydrogen (secondary N) is 1. The average molecular weight is 343 g/mol. The lowest BCUT2D eigenvalue weighted by Crippen LogP contribution is -2.33. The summed E-state index contributed by atoms with van der Waals surface area (Å²) in [6.07, 6.45) is 5.41. The van der Waals surface area contributed by atoms with Crippen LogP contribution in [0.5, 0.6) is 0 Å². The van der Waals surface area contributed by atoms with Crippen LogP contribution in [0.4, 0.5) is 0 Å². The van der Waals surface area contributed by atoms with Crippen molar-refractivity contribution in [2.75, 3.05) is 12.4 Å². The molecule has 1 aromatic heterocycles. The highest BCUT2D eigenvalue weighted by atomic mass is 32.2. The van der Waals surface area contributed by atoms with Gasteiger partial charge < -0.3 is 10.1 Å². The van der Waals surface area contributed by atoms with E-state index in [2.05, 4.69) is 22.6 Å². The number of carbonyl (C=O) groups excluding carboxylic acids is 1. The lowest BCUT2D eigenvalue weighted by molar-refractivity contribution is -0.121. The SMILES string of the molecule is Cc1nc(CSCCC(=O)NC(C)CCC2CCCO2)cs1. The molecule has 1 aliphatic heterocycles. The molecule has 2 rings (SSSR count). The lowest BCUT2D eigenvalue weighted by Gasteiger charge is -2.16. The summed E-state index contributed by atoms with van der Waals surface area (Å²) in [5, 5.41) is 6.28. The van der Waals surface area contributed by atoms with Gasteiger partial charge in [0.1, 0.15) is 0 Å². The van der Waals surface area contributed by atoms with Gasteiger partial charge in [0.25, 0.3) is 0 Å². The standard InChI is InChI=1S/C16H26N2O2S2/c1-12(5-6-15-4-3-8-20-15)17-16(19)7-9-21-10-14-11-22-13(2)18-14/h11-12,15H,3-10H2,1-2H3,(H,17,19). The van der Waals surface area contributed by atoms with Crippen molar-refractivity contribution >= 4 is 29.0 Å². The minimum atomic E-state index is 0.154. The predicted octanol–water partition coefficient (Wildman–Crippen LogP) is 3.54. The van der Waals surface area contributed by atoms with Crippen LogP contribution in [0.1, 0.15) is 49.7 Å². The van der Waals surface area contributed by atoms with Crippen LogP contribution in [0.2, 0.25) is 0 Å². The van der Waals surface area contributed by atoms with Gasteiger partial charge in [-0.3, -0.25) is 4.79 Å². The fraction of sp³-hybridized carbons (Fsp3) is 0.750. The van der Waals surface area contributed by atoms with Gasteiger partial charge in [-0.1, -0.05) is 0 Å². The Balaban J connectivity index is 1.51. The second-order valence-electron chi connectivity index (χ2n) is 5.84. The quantitative estimate of drug-likeness (QED) is 0.698. The molecule has 1 aliphatic rings. The van der Waals surface area contributed by atoms with E-state index >= 15 is 0 Å². The van der Waals surface area contributed by atoms with E-state index in [1.54, 1.807) is 23.1 Å². The molecule has 124 valence electrons. The molecule has 0 aromatic carbocycles. The predicted molar refractivity (Wildman–Crippen MR) is 93.4 cm³/mol. The van der Waals surface area contributed by atoms with E-state index in [0.29, 0.717) is 12.5 Å². The molecule has 6 heteroatoms. The Hall–Kier alpha value is -0.590. The van der Waals surface area contributed by atoms with Crippen molar-refractivity contribution in [1.82, 2.24) is 10.3 Å². The summed E-state index contributed by atoms with van der Waals surface area (Å²) in [7, 11) is 0. The average Bonchev–Trinajstić information content (AvgIpc) is 3.13. The van der Waals surface area contributed by atoms with Crippen LogP contribution in [0.15, 0.2) is 5.38 Å². The van der Waals surface area contributed by atoms with Crippen molar-refractivity contribution in [2.24, 2.45) is 0 Å². The third-order valence-electron chi connectivity index (χ3n) is 3.74. The van der Waals surface area contributed by atoms with Crippen molar-refractivity contribution in [3.63, 3.8) is 0 Å². The number of hydrogen-bond donors (Lipinski definition) is 1. The number of ether oxygens (including phenoxy) is 1. The van der Waals surface area contributed by atoms with Gasteiger partial charge in [-0.25, -0.2) is 4.98 Å². The number of thioether (sulfide) groups is 1. The van der Waals surface area contributed by atoms with Gasteiger partial charge in [-0.2, -0.15) is 11.8 Å². The van der Waals surface area contributed by atoms with Crippen LogP contribution >= 0.6 is 23.1 Å². The molecule has 22 heavy (non-hydrogen) atoms. The maximum absolute atomic E-state index is 11.9. The number of nitrogens with zero attached hydrogens (tertiary/aromatic N) is 1. The summed E-state index contributed by atoms with van der Waals surface area (Å²) in [5.74, 6) is 1.90. The second kappa shape index (κ2) is 9.53. The van der Waals surface area contributed by atoms with Crippen LogP contribution in [-0.4, -0.2) is 35.4 Å². The Morgan fingerprint density at radius 1 is 1.64 bits per heavy atom. The summed E-state index contributed by atoms with van der Waals surface area (Å²) in [6, 6.07) is 0.239. The van der Waals surface area contributed by atoms with Gasteiger partial charge in [0.05, 0.1) is 16.8 Å². The number of hydrogen-bond acceptors (Lipinski definition) is 5.